The molecule has 0 saturated heterocycles. The Kier molecular flexibility index (Phi) is 5.75. The number of benzene rings is 1. The average molecular weight is 280 g/mol. The van der Waals surface area contributed by atoms with E-state index in [9.17, 15) is 22.7 Å². The number of hydrogen-bond donors (Lipinski definition) is 1. The van der Waals surface area contributed by atoms with Gasteiger partial charge < -0.3 is 9.84 Å². The number of ether oxygens (including phenoxy) is 1. The zero-order valence-electron chi connectivity index (χ0n) is 10.5. The first-order valence-corrected chi connectivity index (χ1v) is 5.78. The van der Waals surface area contributed by atoms with Gasteiger partial charge in [0, 0.05) is 6.42 Å². The fraction of sp³-hybridized carbons (Fsp3) is 0.538. The number of aliphatic hydroxyl groups is 1. The predicted molar refractivity (Wildman–Crippen MR) is 62.7 cm³/mol. The highest BCUT2D eigenvalue weighted by Crippen LogP contribution is 2.22. The van der Waals surface area contributed by atoms with Crippen molar-refractivity contribution in [2.45, 2.75) is 31.8 Å². The van der Waals surface area contributed by atoms with E-state index in [4.69, 9.17) is 0 Å². The van der Waals surface area contributed by atoms with E-state index in [0.29, 0.717) is 0 Å². The van der Waals surface area contributed by atoms with Crippen molar-refractivity contribution in [2.75, 3.05) is 13.2 Å². The van der Waals surface area contributed by atoms with Crippen molar-refractivity contribution in [3.63, 3.8) is 0 Å². The highest BCUT2D eigenvalue weighted by atomic mass is 19.3. The summed E-state index contributed by atoms with van der Waals surface area (Å²) in [4.78, 5) is 0. The summed E-state index contributed by atoms with van der Waals surface area (Å²) in [5.41, 5.74) is 1.84. The first-order chi connectivity index (χ1) is 8.81. The van der Waals surface area contributed by atoms with Crippen LogP contribution >= 0.6 is 0 Å². The Hall–Kier alpha value is -1.14. The number of halogens is 4. The van der Waals surface area contributed by atoms with Crippen molar-refractivity contribution in [2.24, 2.45) is 0 Å². The molecular formula is C13H16F4O2. The Balaban J connectivity index is 2.34. The third-order valence-electron chi connectivity index (χ3n) is 2.48. The smallest absolute Gasteiger partial charge is 0.330 e. The molecule has 0 heterocycles. The minimum atomic E-state index is -4.18. The predicted octanol–water partition coefficient (Wildman–Crippen LogP) is 2.82. The minimum absolute atomic E-state index is 0.224. The largest absolute Gasteiger partial charge is 0.390 e. The molecule has 2 nitrogen and oxygen atoms in total. The van der Waals surface area contributed by atoms with Crippen molar-refractivity contribution in [1.82, 2.24) is 0 Å². The quantitative estimate of drug-likeness (QED) is 0.778. The normalized spacial score (nSPS) is 13.8. The number of aliphatic hydroxyl groups excluding tert-OH is 1. The molecule has 1 aromatic carbocycles. The van der Waals surface area contributed by atoms with E-state index in [0.717, 1.165) is 11.1 Å². The van der Waals surface area contributed by atoms with E-state index in [1.165, 1.54) is 0 Å². The van der Waals surface area contributed by atoms with Crippen molar-refractivity contribution < 1.29 is 27.4 Å². The molecule has 1 aromatic rings. The summed E-state index contributed by atoms with van der Waals surface area (Å²) in [6.07, 6.45) is -4.54. The number of hydrogen-bond acceptors (Lipinski definition) is 2. The second-order valence-electron chi connectivity index (χ2n) is 4.42. The summed E-state index contributed by atoms with van der Waals surface area (Å²) in [6.45, 7) is 0.0847. The van der Waals surface area contributed by atoms with Gasteiger partial charge in [-0.3, -0.25) is 0 Å². The zero-order chi connectivity index (χ0) is 14.5. The summed E-state index contributed by atoms with van der Waals surface area (Å²) < 4.78 is 53.2. The lowest BCUT2D eigenvalue weighted by Gasteiger charge is -2.17. The van der Waals surface area contributed by atoms with E-state index in [-0.39, 0.29) is 6.42 Å². The van der Waals surface area contributed by atoms with Crippen LogP contribution in [-0.2, 0) is 11.2 Å². The Labute approximate surface area is 109 Å². The maximum absolute atomic E-state index is 12.5. The molecule has 1 rings (SSSR count). The Morgan fingerprint density at radius 2 is 2.00 bits per heavy atom. The van der Waals surface area contributed by atoms with Gasteiger partial charge in [-0.2, -0.15) is 8.78 Å². The SMILES string of the molecule is Cc1cccc(CC(O)COCC(F)(F)C(F)F)c1. The summed E-state index contributed by atoms with van der Waals surface area (Å²) in [5.74, 6) is -4.18. The average Bonchev–Trinajstić information content (AvgIpc) is 2.28. The van der Waals surface area contributed by atoms with Crippen molar-refractivity contribution in [3.05, 3.63) is 35.4 Å². The van der Waals surface area contributed by atoms with Gasteiger partial charge in [0.05, 0.1) is 12.7 Å². The van der Waals surface area contributed by atoms with E-state index < -0.39 is 31.7 Å². The molecular weight excluding hydrogens is 264 g/mol. The highest BCUT2D eigenvalue weighted by Gasteiger charge is 2.41. The van der Waals surface area contributed by atoms with Crippen molar-refractivity contribution in [3.8, 4) is 0 Å². The highest BCUT2D eigenvalue weighted by molar-refractivity contribution is 5.22. The molecule has 0 amide bonds. The fourth-order valence-electron chi connectivity index (χ4n) is 1.56. The van der Waals surface area contributed by atoms with Crippen LogP contribution in [0.25, 0.3) is 0 Å². The molecule has 0 aromatic heterocycles. The van der Waals surface area contributed by atoms with Crippen LogP contribution in [0.2, 0.25) is 0 Å². The van der Waals surface area contributed by atoms with Gasteiger partial charge in [0.2, 0.25) is 0 Å². The van der Waals surface area contributed by atoms with Crippen LogP contribution < -0.4 is 0 Å². The Morgan fingerprint density at radius 3 is 2.58 bits per heavy atom. The number of alkyl halides is 4. The monoisotopic (exact) mass is 280 g/mol. The lowest BCUT2D eigenvalue weighted by Crippen LogP contribution is -2.34. The van der Waals surface area contributed by atoms with Crippen LogP contribution in [0.1, 0.15) is 11.1 Å². The second kappa shape index (κ2) is 6.86. The molecule has 6 heteroatoms. The van der Waals surface area contributed by atoms with Crippen LogP contribution in [0.5, 0.6) is 0 Å². The standard InChI is InChI=1S/C13H16F4O2/c1-9-3-2-4-10(5-9)6-11(18)7-19-8-13(16,17)12(14)15/h2-5,11-12,18H,6-8H2,1H3. The van der Waals surface area contributed by atoms with Gasteiger partial charge in [-0.05, 0) is 12.5 Å². The summed E-state index contributed by atoms with van der Waals surface area (Å²) in [7, 11) is 0. The first-order valence-electron chi connectivity index (χ1n) is 5.78. The van der Waals surface area contributed by atoms with E-state index in [1.54, 1.807) is 6.07 Å². The number of rotatable bonds is 7. The third kappa shape index (κ3) is 5.57. The fourth-order valence-corrected chi connectivity index (χ4v) is 1.56. The van der Waals surface area contributed by atoms with E-state index >= 15 is 0 Å². The van der Waals surface area contributed by atoms with Crippen LogP contribution in [0.3, 0.4) is 0 Å². The maximum atomic E-state index is 12.5. The van der Waals surface area contributed by atoms with E-state index in [2.05, 4.69) is 4.74 Å². The van der Waals surface area contributed by atoms with Gasteiger partial charge in [-0.1, -0.05) is 29.8 Å². The summed E-state index contributed by atoms with van der Waals surface area (Å²) in [5, 5.41) is 9.57. The third-order valence-corrected chi connectivity index (χ3v) is 2.48. The van der Waals surface area contributed by atoms with Crippen LogP contribution in [0, 0.1) is 6.92 Å². The number of aryl methyl sites for hydroxylation is 1. The topological polar surface area (TPSA) is 29.5 Å². The molecule has 0 radical (unpaired) electrons. The summed E-state index contributed by atoms with van der Waals surface area (Å²) in [6, 6.07) is 7.32. The lowest BCUT2D eigenvalue weighted by atomic mass is 10.1. The van der Waals surface area contributed by atoms with Crippen molar-refractivity contribution >= 4 is 0 Å². The van der Waals surface area contributed by atoms with Gasteiger partial charge in [-0.15, -0.1) is 0 Å². The molecule has 0 bridgehead atoms. The second-order valence-corrected chi connectivity index (χ2v) is 4.42. The van der Waals surface area contributed by atoms with Gasteiger partial charge in [0.15, 0.2) is 0 Å². The van der Waals surface area contributed by atoms with Gasteiger partial charge in [-0.25, -0.2) is 8.78 Å². The Bertz CT molecular complexity index is 396. The van der Waals surface area contributed by atoms with Gasteiger partial charge in [0.1, 0.15) is 6.61 Å². The summed E-state index contributed by atoms with van der Waals surface area (Å²) >= 11 is 0. The molecule has 0 aliphatic rings. The van der Waals surface area contributed by atoms with Crippen LogP contribution in [0.15, 0.2) is 24.3 Å². The van der Waals surface area contributed by atoms with Gasteiger partial charge >= 0.3 is 12.3 Å². The molecule has 0 fully saturated rings. The minimum Gasteiger partial charge on any atom is -0.390 e. The zero-order valence-corrected chi connectivity index (χ0v) is 10.5. The van der Waals surface area contributed by atoms with E-state index in [1.807, 2.05) is 25.1 Å². The maximum Gasteiger partial charge on any atom is 0.330 e. The van der Waals surface area contributed by atoms with Crippen LogP contribution in [0.4, 0.5) is 17.6 Å². The molecule has 108 valence electrons. The molecule has 0 aliphatic heterocycles. The van der Waals surface area contributed by atoms with Crippen LogP contribution in [-0.4, -0.2) is 36.8 Å². The Morgan fingerprint density at radius 1 is 1.32 bits per heavy atom. The molecule has 0 saturated carbocycles. The first kappa shape index (κ1) is 15.9. The molecule has 19 heavy (non-hydrogen) atoms. The molecule has 1 unspecified atom stereocenters. The van der Waals surface area contributed by atoms with Gasteiger partial charge in [0.25, 0.3) is 0 Å². The lowest BCUT2D eigenvalue weighted by molar-refractivity contribution is -0.170. The molecule has 1 atom stereocenters. The molecule has 0 spiro atoms. The van der Waals surface area contributed by atoms with Crippen molar-refractivity contribution in [1.29, 1.82) is 0 Å². The molecule has 1 N–H and O–H groups in total. The molecule has 0 aliphatic carbocycles.